The molecule has 0 spiro atoms. The summed E-state index contributed by atoms with van der Waals surface area (Å²) in [4.78, 5) is 12.5. The van der Waals surface area contributed by atoms with Crippen LogP contribution in [0.1, 0.15) is 37.5 Å². The average molecular weight is 373 g/mol. The highest BCUT2D eigenvalue weighted by Gasteiger charge is 2.41. The predicted molar refractivity (Wildman–Crippen MR) is 100 cm³/mol. The first kappa shape index (κ1) is 16.3. The van der Waals surface area contributed by atoms with Crippen LogP contribution in [-0.4, -0.2) is 40.7 Å². The Morgan fingerprint density at radius 3 is 2.96 bits per heavy atom. The first-order valence-corrected chi connectivity index (χ1v) is 11.2. The Kier molecular flexibility index (Phi) is 3.62. The number of nitrogens with zero attached hydrogens (tertiary/aromatic N) is 3. The smallest absolute Gasteiger partial charge is 0.208 e. The summed E-state index contributed by atoms with van der Waals surface area (Å²) in [6.45, 7) is 0.368. The summed E-state index contributed by atoms with van der Waals surface area (Å²) in [6, 6.07) is 2.53. The molecule has 0 aromatic carbocycles. The molecule has 8 heteroatoms. The average Bonchev–Trinajstić information content (AvgIpc) is 3.34. The molecule has 3 heterocycles. The molecular weight excluding hydrogens is 350 g/mol. The van der Waals surface area contributed by atoms with Gasteiger partial charge in [-0.25, -0.2) is 23.1 Å². The maximum absolute atomic E-state index is 11.4. The van der Waals surface area contributed by atoms with Crippen molar-refractivity contribution in [1.29, 1.82) is 0 Å². The predicted octanol–water partition coefficient (Wildman–Crippen LogP) is 2.37. The highest BCUT2D eigenvalue weighted by molar-refractivity contribution is 7.88. The largest absolute Gasteiger partial charge is 0.346 e. The standard InChI is InChI=1S/C18H23N5O2S/c1-26(24,25)21-7-5-16-22-14-10-20-18-13(4-6-19-18)17(14)23(16)15-9-11-2-3-12(15)8-11/h4,6,10-12,15,21H,2-3,5,7-9H2,1H3,(H,19,20). The second kappa shape index (κ2) is 5.79. The van der Waals surface area contributed by atoms with Gasteiger partial charge in [0.1, 0.15) is 17.0 Å². The van der Waals surface area contributed by atoms with Gasteiger partial charge < -0.3 is 9.55 Å². The van der Waals surface area contributed by atoms with Gasteiger partial charge in [-0.05, 0) is 37.2 Å². The van der Waals surface area contributed by atoms with Crippen LogP contribution in [0.3, 0.4) is 0 Å². The summed E-state index contributed by atoms with van der Waals surface area (Å²) in [7, 11) is -3.19. The monoisotopic (exact) mass is 373 g/mol. The van der Waals surface area contributed by atoms with E-state index in [4.69, 9.17) is 4.98 Å². The first-order valence-electron chi connectivity index (χ1n) is 9.27. The lowest BCUT2D eigenvalue weighted by Gasteiger charge is -2.26. The number of nitrogens with one attached hydrogen (secondary N) is 2. The maximum atomic E-state index is 11.4. The topological polar surface area (TPSA) is 92.7 Å². The van der Waals surface area contributed by atoms with Gasteiger partial charge in [0.15, 0.2) is 0 Å². The molecule has 2 fully saturated rings. The number of hydrogen-bond acceptors (Lipinski definition) is 4. The maximum Gasteiger partial charge on any atom is 0.208 e. The summed E-state index contributed by atoms with van der Waals surface area (Å²) >= 11 is 0. The molecule has 0 radical (unpaired) electrons. The molecule has 0 saturated heterocycles. The van der Waals surface area contributed by atoms with Crippen LogP contribution in [0.2, 0.25) is 0 Å². The molecule has 3 aromatic rings. The summed E-state index contributed by atoms with van der Waals surface area (Å²) < 4.78 is 27.9. The van der Waals surface area contributed by atoms with Gasteiger partial charge in [0.05, 0.1) is 18.0 Å². The normalized spacial score (nSPS) is 25.7. The Balaban J connectivity index is 1.62. The van der Waals surface area contributed by atoms with Gasteiger partial charge in [0.2, 0.25) is 10.0 Å². The van der Waals surface area contributed by atoms with Crippen LogP contribution in [0.15, 0.2) is 18.5 Å². The Morgan fingerprint density at radius 2 is 2.23 bits per heavy atom. The fourth-order valence-corrected chi connectivity index (χ4v) is 5.52. The molecule has 2 saturated carbocycles. The van der Waals surface area contributed by atoms with Crippen LogP contribution in [-0.2, 0) is 16.4 Å². The number of aromatic nitrogens is 4. The molecule has 3 atom stereocenters. The van der Waals surface area contributed by atoms with Gasteiger partial charge >= 0.3 is 0 Å². The van der Waals surface area contributed by atoms with E-state index in [1.165, 1.54) is 31.9 Å². The minimum Gasteiger partial charge on any atom is -0.346 e. The van der Waals surface area contributed by atoms with E-state index in [2.05, 4.69) is 25.3 Å². The number of pyridine rings is 1. The molecule has 2 aliphatic carbocycles. The molecular formula is C18H23N5O2S. The van der Waals surface area contributed by atoms with E-state index in [1.54, 1.807) is 0 Å². The van der Waals surface area contributed by atoms with Gasteiger partial charge in [-0.15, -0.1) is 0 Å². The van der Waals surface area contributed by atoms with Gasteiger partial charge in [-0.2, -0.15) is 0 Å². The lowest BCUT2D eigenvalue weighted by Crippen LogP contribution is -2.26. The van der Waals surface area contributed by atoms with Crippen molar-refractivity contribution in [3.8, 4) is 0 Å². The zero-order chi connectivity index (χ0) is 17.9. The molecule has 138 valence electrons. The van der Waals surface area contributed by atoms with E-state index in [0.29, 0.717) is 24.9 Å². The number of fused-ring (bicyclic) bond motifs is 5. The van der Waals surface area contributed by atoms with E-state index >= 15 is 0 Å². The Morgan fingerprint density at radius 1 is 1.35 bits per heavy atom. The summed E-state index contributed by atoms with van der Waals surface area (Å²) in [5, 5.41) is 1.10. The zero-order valence-electron chi connectivity index (χ0n) is 14.8. The second-order valence-electron chi connectivity index (χ2n) is 7.79. The quantitative estimate of drug-likeness (QED) is 0.718. The molecule has 3 unspecified atom stereocenters. The lowest BCUT2D eigenvalue weighted by molar-refractivity contribution is 0.329. The molecule has 26 heavy (non-hydrogen) atoms. The van der Waals surface area contributed by atoms with Crippen molar-refractivity contribution >= 4 is 32.1 Å². The number of H-pyrrole nitrogens is 1. The minimum atomic E-state index is -3.19. The van der Waals surface area contributed by atoms with E-state index in [-0.39, 0.29) is 0 Å². The second-order valence-corrected chi connectivity index (χ2v) is 9.62. The van der Waals surface area contributed by atoms with Crippen molar-refractivity contribution in [3.63, 3.8) is 0 Å². The summed E-state index contributed by atoms with van der Waals surface area (Å²) in [6.07, 6.45) is 10.7. The van der Waals surface area contributed by atoms with Crippen LogP contribution < -0.4 is 4.72 Å². The van der Waals surface area contributed by atoms with Gasteiger partial charge in [0.25, 0.3) is 0 Å². The summed E-state index contributed by atoms with van der Waals surface area (Å²) in [5.41, 5.74) is 2.92. The van der Waals surface area contributed by atoms with Crippen molar-refractivity contribution in [2.75, 3.05) is 12.8 Å². The van der Waals surface area contributed by atoms with Crippen LogP contribution in [0.4, 0.5) is 0 Å². The number of hydrogen-bond donors (Lipinski definition) is 2. The first-order chi connectivity index (χ1) is 12.5. The number of imidazole rings is 1. The fraction of sp³-hybridized carbons (Fsp3) is 0.556. The van der Waals surface area contributed by atoms with Gasteiger partial charge in [-0.1, -0.05) is 6.42 Å². The molecule has 0 aliphatic heterocycles. The molecule has 0 amide bonds. The number of aromatic amines is 1. The van der Waals surface area contributed by atoms with Crippen LogP contribution in [0.5, 0.6) is 0 Å². The van der Waals surface area contributed by atoms with Gasteiger partial charge in [0, 0.05) is 30.6 Å². The van der Waals surface area contributed by atoms with Crippen LogP contribution in [0, 0.1) is 11.8 Å². The van der Waals surface area contributed by atoms with Crippen molar-refractivity contribution < 1.29 is 8.42 Å². The Hall–Kier alpha value is -1.93. The van der Waals surface area contributed by atoms with E-state index in [1.807, 2.05) is 12.4 Å². The molecule has 3 aromatic heterocycles. The number of sulfonamides is 1. The van der Waals surface area contributed by atoms with Crippen molar-refractivity contribution in [2.24, 2.45) is 11.8 Å². The van der Waals surface area contributed by atoms with E-state index in [0.717, 1.165) is 33.8 Å². The van der Waals surface area contributed by atoms with Crippen molar-refractivity contribution in [2.45, 2.75) is 38.1 Å². The minimum absolute atomic E-state index is 0.368. The van der Waals surface area contributed by atoms with Crippen LogP contribution >= 0.6 is 0 Å². The van der Waals surface area contributed by atoms with Gasteiger partial charge in [-0.3, -0.25) is 0 Å². The SMILES string of the molecule is CS(=O)(=O)NCCc1nc2cnc3[nH]ccc3c2n1C1CC2CCC1C2. The van der Waals surface area contributed by atoms with Crippen LogP contribution in [0.25, 0.3) is 22.1 Å². The molecule has 2 aliphatic rings. The van der Waals surface area contributed by atoms with E-state index in [9.17, 15) is 8.42 Å². The third-order valence-corrected chi connectivity index (χ3v) is 6.78. The molecule has 2 N–H and O–H groups in total. The molecule has 5 rings (SSSR count). The van der Waals surface area contributed by atoms with E-state index < -0.39 is 10.0 Å². The highest BCUT2D eigenvalue weighted by Crippen LogP contribution is 2.52. The fourth-order valence-electron chi connectivity index (χ4n) is 5.05. The highest BCUT2D eigenvalue weighted by atomic mass is 32.2. The Bertz CT molecular complexity index is 1080. The van der Waals surface area contributed by atoms with Crippen molar-refractivity contribution in [1.82, 2.24) is 24.2 Å². The molecule has 7 nitrogen and oxygen atoms in total. The Labute approximate surface area is 152 Å². The lowest BCUT2D eigenvalue weighted by atomic mass is 9.94. The number of rotatable bonds is 5. The van der Waals surface area contributed by atoms with Crippen molar-refractivity contribution in [3.05, 3.63) is 24.3 Å². The third-order valence-electron chi connectivity index (χ3n) is 6.05. The third kappa shape index (κ3) is 2.63. The summed E-state index contributed by atoms with van der Waals surface area (Å²) in [5.74, 6) is 2.50. The molecule has 2 bridgehead atoms. The zero-order valence-corrected chi connectivity index (χ0v) is 15.6.